The predicted molar refractivity (Wildman–Crippen MR) is 63.4 cm³/mol. The molecule has 2 atom stereocenters. The van der Waals surface area contributed by atoms with Gasteiger partial charge in [-0.05, 0) is 24.5 Å². The Morgan fingerprint density at radius 2 is 1.89 bits per heavy atom. The summed E-state index contributed by atoms with van der Waals surface area (Å²) < 4.78 is 38.6. The molecule has 2 nitrogen and oxygen atoms in total. The lowest BCUT2D eigenvalue weighted by Gasteiger charge is -2.27. The first-order valence-electron chi connectivity index (χ1n) is 6.28. The number of carbonyl (C=O) groups excluding carboxylic acids is 1. The minimum atomic E-state index is -4.52. The summed E-state index contributed by atoms with van der Waals surface area (Å²) in [6.07, 6.45) is -3.58. The van der Waals surface area contributed by atoms with Gasteiger partial charge in [0.1, 0.15) is 5.78 Å². The highest BCUT2D eigenvalue weighted by Crippen LogP contribution is 2.39. The van der Waals surface area contributed by atoms with Gasteiger partial charge in [-0.2, -0.15) is 13.2 Å². The van der Waals surface area contributed by atoms with Gasteiger partial charge in [-0.3, -0.25) is 4.79 Å². The molecule has 0 spiro atoms. The Bertz CT molecular complexity index is 468. The van der Waals surface area contributed by atoms with Crippen LogP contribution in [0.15, 0.2) is 24.3 Å². The predicted octanol–water partition coefficient (Wildman–Crippen LogP) is 3.50. The van der Waals surface area contributed by atoms with Crippen LogP contribution in [0, 0.1) is 5.92 Å². The van der Waals surface area contributed by atoms with Gasteiger partial charge in [-0.25, -0.2) is 0 Å². The summed E-state index contributed by atoms with van der Waals surface area (Å²) in [5.41, 5.74) is -1.06. The molecule has 1 aliphatic rings. The number of ketones is 1. The summed E-state index contributed by atoms with van der Waals surface area (Å²) in [6, 6.07) is 4.91. The zero-order valence-electron chi connectivity index (χ0n) is 10.3. The second-order valence-corrected chi connectivity index (χ2v) is 4.85. The first-order valence-corrected chi connectivity index (χ1v) is 6.28. The summed E-state index contributed by atoms with van der Waals surface area (Å²) in [6.45, 7) is 0. The fourth-order valence-corrected chi connectivity index (χ4v) is 2.57. The molecule has 0 saturated heterocycles. The van der Waals surface area contributed by atoms with Gasteiger partial charge in [0.25, 0.3) is 0 Å². The van der Waals surface area contributed by atoms with Crippen molar-refractivity contribution in [2.24, 2.45) is 5.92 Å². The molecule has 19 heavy (non-hydrogen) atoms. The van der Waals surface area contributed by atoms with E-state index in [9.17, 15) is 23.1 Å². The Balaban J connectivity index is 2.33. The van der Waals surface area contributed by atoms with Crippen LogP contribution < -0.4 is 0 Å². The zero-order chi connectivity index (χ0) is 14.0. The molecule has 1 saturated carbocycles. The molecular weight excluding hydrogens is 257 g/mol. The molecular formula is C14H15F3O2. The maximum Gasteiger partial charge on any atom is 0.416 e. The number of benzene rings is 1. The minimum Gasteiger partial charge on any atom is -0.388 e. The maximum absolute atomic E-state index is 12.9. The number of hydrogen-bond acceptors (Lipinski definition) is 2. The Morgan fingerprint density at radius 3 is 2.53 bits per heavy atom. The van der Waals surface area contributed by atoms with Gasteiger partial charge >= 0.3 is 6.18 Å². The van der Waals surface area contributed by atoms with Crippen LogP contribution in [0.25, 0.3) is 0 Å². The quantitative estimate of drug-likeness (QED) is 0.894. The first kappa shape index (κ1) is 14.1. The average Bonchev–Trinajstić information content (AvgIpc) is 2.37. The average molecular weight is 272 g/mol. The van der Waals surface area contributed by atoms with Crippen LogP contribution in [-0.2, 0) is 11.0 Å². The monoisotopic (exact) mass is 272 g/mol. The molecule has 0 bridgehead atoms. The van der Waals surface area contributed by atoms with Gasteiger partial charge in [0.15, 0.2) is 0 Å². The third-order valence-electron chi connectivity index (χ3n) is 3.57. The van der Waals surface area contributed by atoms with E-state index in [1.807, 2.05) is 0 Å². The van der Waals surface area contributed by atoms with Crippen molar-refractivity contribution in [3.8, 4) is 0 Å². The molecule has 0 unspecified atom stereocenters. The number of aliphatic hydroxyl groups excluding tert-OH is 1. The molecule has 0 amide bonds. The van der Waals surface area contributed by atoms with Crippen LogP contribution in [0.1, 0.15) is 42.9 Å². The molecule has 0 aliphatic heterocycles. The standard InChI is InChI=1S/C14H15F3O2/c15-14(16,17)11-7-3-1-5-9(11)13(19)10-6-2-4-8-12(10)18/h1,3,5,7,10,13,19H,2,4,6,8H2/t10-,13+/m0/s1. The summed E-state index contributed by atoms with van der Waals surface area (Å²) in [5.74, 6) is -0.854. The topological polar surface area (TPSA) is 37.3 Å². The van der Waals surface area contributed by atoms with Gasteiger partial charge in [-0.1, -0.05) is 24.6 Å². The minimum absolute atomic E-state index is 0.143. The van der Waals surface area contributed by atoms with Gasteiger partial charge in [0.2, 0.25) is 0 Å². The largest absolute Gasteiger partial charge is 0.416 e. The van der Waals surface area contributed by atoms with Gasteiger partial charge < -0.3 is 5.11 Å². The third kappa shape index (κ3) is 2.97. The number of Topliss-reactive ketones (excluding diaryl/α,β-unsaturated/α-hetero) is 1. The van der Waals surface area contributed by atoms with Crippen LogP contribution in [0.5, 0.6) is 0 Å². The highest BCUT2D eigenvalue weighted by Gasteiger charge is 2.38. The zero-order valence-corrected chi connectivity index (χ0v) is 10.3. The van der Waals surface area contributed by atoms with E-state index < -0.39 is 23.8 Å². The van der Waals surface area contributed by atoms with E-state index in [1.54, 1.807) is 0 Å². The highest BCUT2D eigenvalue weighted by atomic mass is 19.4. The van der Waals surface area contributed by atoms with Crippen LogP contribution in [0.4, 0.5) is 13.2 Å². The number of halogens is 3. The molecule has 1 aliphatic carbocycles. The molecule has 1 fully saturated rings. The van der Waals surface area contributed by atoms with E-state index in [2.05, 4.69) is 0 Å². The lowest BCUT2D eigenvalue weighted by Crippen LogP contribution is -2.27. The molecule has 1 aromatic carbocycles. The van der Waals surface area contributed by atoms with E-state index in [0.29, 0.717) is 12.8 Å². The Labute approximate surface area is 109 Å². The van der Waals surface area contributed by atoms with Crippen molar-refractivity contribution in [1.82, 2.24) is 0 Å². The number of rotatable bonds is 2. The van der Waals surface area contributed by atoms with E-state index in [-0.39, 0.29) is 11.3 Å². The normalized spacial score (nSPS) is 22.3. The highest BCUT2D eigenvalue weighted by molar-refractivity contribution is 5.82. The molecule has 104 valence electrons. The van der Waals surface area contributed by atoms with Crippen molar-refractivity contribution in [3.05, 3.63) is 35.4 Å². The van der Waals surface area contributed by atoms with E-state index in [0.717, 1.165) is 18.9 Å². The number of hydrogen-bond donors (Lipinski definition) is 1. The molecule has 0 heterocycles. The Hall–Kier alpha value is -1.36. The summed E-state index contributed by atoms with van der Waals surface area (Å²) in [5, 5.41) is 10.1. The summed E-state index contributed by atoms with van der Waals surface area (Å²) in [7, 11) is 0. The van der Waals surface area contributed by atoms with Crippen LogP contribution >= 0.6 is 0 Å². The first-order chi connectivity index (χ1) is 8.91. The molecule has 1 N–H and O–H groups in total. The van der Waals surface area contributed by atoms with Crippen molar-refractivity contribution in [2.45, 2.75) is 38.0 Å². The van der Waals surface area contributed by atoms with Gasteiger partial charge in [-0.15, -0.1) is 0 Å². The fraction of sp³-hybridized carbons (Fsp3) is 0.500. The maximum atomic E-state index is 12.9. The van der Waals surface area contributed by atoms with Crippen LogP contribution in [0.2, 0.25) is 0 Å². The Kier molecular flexibility index (Phi) is 3.94. The van der Waals surface area contributed by atoms with Gasteiger partial charge in [0.05, 0.1) is 11.7 Å². The lowest BCUT2D eigenvalue weighted by atomic mass is 9.80. The van der Waals surface area contributed by atoms with Crippen LogP contribution in [-0.4, -0.2) is 10.9 Å². The van der Waals surface area contributed by atoms with Gasteiger partial charge in [0, 0.05) is 12.3 Å². The lowest BCUT2D eigenvalue weighted by molar-refractivity contribution is -0.141. The van der Waals surface area contributed by atoms with Crippen LogP contribution in [0.3, 0.4) is 0 Å². The van der Waals surface area contributed by atoms with Crippen molar-refractivity contribution >= 4 is 5.78 Å². The summed E-state index contributed by atoms with van der Waals surface area (Å²) in [4.78, 5) is 11.7. The molecule has 0 aromatic heterocycles. The van der Waals surface area contributed by atoms with Crippen molar-refractivity contribution in [2.75, 3.05) is 0 Å². The van der Waals surface area contributed by atoms with E-state index >= 15 is 0 Å². The number of alkyl halides is 3. The number of aliphatic hydroxyl groups is 1. The molecule has 2 rings (SSSR count). The number of carbonyl (C=O) groups is 1. The molecule has 0 radical (unpaired) electrons. The second-order valence-electron chi connectivity index (χ2n) is 4.85. The summed E-state index contributed by atoms with van der Waals surface area (Å²) >= 11 is 0. The van der Waals surface area contributed by atoms with Crippen molar-refractivity contribution < 1.29 is 23.1 Å². The van der Waals surface area contributed by atoms with E-state index in [4.69, 9.17) is 0 Å². The molecule has 5 heteroatoms. The third-order valence-corrected chi connectivity index (χ3v) is 3.57. The van der Waals surface area contributed by atoms with Crippen molar-refractivity contribution in [3.63, 3.8) is 0 Å². The Morgan fingerprint density at radius 1 is 1.21 bits per heavy atom. The van der Waals surface area contributed by atoms with E-state index in [1.165, 1.54) is 18.2 Å². The molecule has 1 aromatic rings. The van der Waals surface area contributed by atoms with Crippen molar-refractivity contribution in [1.29, 1.82) is 0 Å². The SMILES string of the molecule is O=C1CCCC[C@@H]1[C@H](O)c1ccccc1C(F)(F)F. The fourth-order valence-electron chi connectivity index (χ4n) is 2.57. The second kappa shape index (κ2) is 5.33. The smallest absolute Gasteiger partial charge is 0.388 e.